The molecule has 0 bridgehead atoms. The molecule has 1 saturated heterocycles. The lowest BCUT2D eigenvalue weighted by atomic mass is 9.85. The Morgan fingerprint density at radius 2 is 1.48 bits per heavy atom. The van der Waals surface area contributed by atoms with Gasteiger partial charge in [0.2, 0.25) is 0 Å². The minimum Gasteiger partial charge on any atom is -0.360 e. The highest BCUT2D eigenvalue weighted by atomic mass is 16.6. The van der Waals surface area contributed by atoms with E-state index in [1.807, 2.05) is 0 Å². The van der Waals surface area contributed by atoms with Gasteiger partial charge in [0, 0.05) is 0 Å². The maximum absolute atomic E-state index is 5.86. The highest BCUT2D eigenvalue weighted by molar-refractivity contribution is 6.23. The third-order valence-corrected chi connectivity index (χ3v) is 5.26. The summed E-state index contributed by atoms with van der Waals surface area (Å²) in [6.07, 6.45) is 4.99. The first-order chi connectivity index (χ1) is 11.4. The molecule has 0 spiro atoms. The second-order valence-electron chi connectivity index (χ2n) is 6.46. The fourth-order valence-electron chi connectivity index (χ4n) is 4.19. The predicted octanol–water partition coefficient (Wildman–Crippen LogP) is 5.61. The van der Waals surface area contributed by atoms with Gasteiger partial charge in [0.05, 0.1) is 0 Å². The van der Waals surface area contributed by atoms with Crippen molar-refractivity contribution in [2.24, 2.45) is 0 Å². The van der Waals surface area contributed by atoms with E-state index in [1.54, 1.807) is 0 Å². The van der Waals surface area contributed by atoms with Crippen LogP contribution in [0.4, 0.5) is 0 Å². The molecule has 4 aromatic rings. The van der Waals surface area contributed by atoms with Crippen molar-refractivity contribution in [3.05, 3.63) is 77.9 Å². The van der Waals surface area contributed by atoms with Crippen molar-refractivity contribution in [1.82, 2.24) is 0 Å². The summed E-state index contributed by atoms with van der Waals surface area (Å²) in [5.41, 5.74) is 2.71. The van der Waals surface area contributed by atoms with Crippen LogP contribution in [-0.2, 0) is 4.74 Å². The van der Waals surface area contributed by atoms with E-state index in [2.05, 4.69) is 72.8 Å². The number of hydrogen-bond donors (Lipinski definition) is 0. The van der Waals surface area contributed by atoms with E-state index in [0.29, 0.717) is 0 Å². The summed E-state index contributed by atoms with van der Waals surface area (Å²) in [5.74, 6) is 0. The predicted molar refractivity (Wildman–Crippen MR) is 95.6 cm³/mol. The molecule has 0 N–H and O–H groups in total. The lowest BCUT2D eigenvalue weighted by molar-refractivity contribution is 0.396. The van der Waals surface area contributed by atoms with Crippen LogP contribution in [0.25, 0.3) is 38.4 Å². The lowest BCUT2D eigenvalue weighted by Crippen LogP contribution is -1.98. The summed E-state index contributed by atoms with van der Waals surface area (Å²) in [5, 5.41) is 8.00. The van der Waals surface area contributed by atoms with Crippen LogP contribution in [0.3, 0.4) is 0 Å². The number of ether oxygens (including phenoxy) is 1. The van der Waals surface area contributed by atoms with E-state index in [-0.39, 0.29) is 12.2 Å². The van der Waals surface area contributed by atoms with Gasteiger partial charge in [-0.05, 0) is 43.4 Å². The van der Waals surface area contributed by atoms with Crippen molar-refractivity contribution in [1.29, 1.82) is 0 Å². The minimum atomic E-state index is 0.246. The molecule has 0 radical (unpaired) electrons. The standard InChI is InChI=1S/C22H14O/c1-2-6-14-13(5-1)9-10-17-18-11-12-19-22(23-19)21(18)16-8-4-3-7-15(16)20(14)17/h1-12,19,22H. The molecule has 23 heavy (non-hydrogen) atoms. The number of hydrogen-bond acceptors (Lipinski definition) is 1. The van der Waals surface area contributed by atoms with Crippen LogP contribution in [0, 0.1) is 0 Å². The molecule has 2 atom stereocenters. The fraction of sp³-hybridized carbons (Fsp3) is 0.0909. The lowest BCUT2D eigenvalue weighted by Gasteiger charge is -2.17. The third-order valence-electron chi connectivity index (χ3n) is 5.26. The van der Waals surface area contributed by atoms with Crippen molar-refractivity contribution in [3.63, 3.8) is 0 Å². The van der Waals surface area contributed by atoms with E-state index >= 15 is 0 Å². The topological polar surface area (TPSA) is 12.5 Å². The Morgan fingerprint density at radius 1 is 0.696 bits per heavy atom. The number of rotatable bonds is 0. The number of benzene rings is 4. The van der Waals surface area contributed by atoms with Gasteiger partial charge in [-0.1, -0.05) is 72.8 Å². The molecule has 4 aromatic carbocycles. The van der Waals surface area contributed by atoms with Crippen LogP contribution >= 0.6 is 0 Å². The molecule has 1 heterocycles. The zero-order valence-corrected chi connectivity index (χ0v) is 12.5. The van der Waals surface area contributed by atoms with Crippen molar-refractivity contribution < 1.29 is 4.74 Å². The molecule has 1 fully saturated rings. The largest absolute Gasteiger partial charge is 0.360 e. The maximum Gasteiger partial charge on any atom is 0.114 e. The first kappa shape index (κ1) is 11.9. The zero-order chi connectivity index (χ0) is 15.0. The minimum absolute atomic E-state index is 0.246. The molecular formula is C22H14O. The Morgan fingerprint density at radius 3 is 2.39 bits per heavy atom. The first-order valence-electron chi connectivity index (χ1n) is 8.11. The van der Waals surface area contributed by atoms with Gasteiger partial charge in [-0.15, -0.1) is 0 Å². The van der Waals surface area contributed by atoms with Gasteiger partial charge in [-0.3, -0.25) is 0 Å². The number of epoxide rings is 1. The molecule has 0 saturated carbocycles. The van der Waals surface area contributed by atoms with Gasteiger partial charge >= 0.3 is 0 Å². The van der Waals surface area contributed by atoms with Crippen LogP contribution < -0.4 is 0 Å². The highest BCUT2D eigenvalue weighted by Crippen LogP contribution is 2.51. The average Bonchev–Trinajstić information content (AvgIpc) is 3.40. The fourth-order valence-corrected chi connectivity index (χ4v) is 4.19. The molecular weight excluding hydrogens is 280 g/mol. The number of fused-ring (bicyclic) bond motifs is 10. The smallest absolute Gasteiger partial charge is 0.114 e. The summed E-state index contributed by atoms with van der Waals surface area (Å²) in [4.78, 5) is 0. The van der Waals surface area contributed by atoms with Crippen LogP contribution in [0.5, 0.6) is 0 Å². The summed E-state index contributed by atoms with van der Waals surface area (Å²) in [7, 11) is 0. The molecule has 6 rings (SSSR count). The third kappa shape index (κ3) is 1.45. The normalized spacial score (nSPS) is 21.6. The van der Waals surface area contributed by atoms with E-state index < -0.39 is 0 Å². The van der Waals surface area contributed by atoms with E-state index in [1.165, 1.54) is 43.4 Å². The summed E-state index contributed by atoms with van der Waals surface area (Å²) >= 11 is 0. The van der Waals surface area contributed by atoms with Crippen LogP contribution in [0.2, 0.25) is 0 Å². The molecule has 0 aromatic heterocycles. The van der Waals surface area contributed by atoms with Gasteiger partial charge in [-0.2, -0.15) is 0 Å². The summed E-state index contributed by atoms with van der Waals surface area (Å²) < 4.78 is 5.86. The molecule has 1 heteroatoms. The first-order valence-corrected chi connectivity index (χ1v) is 8.11. The Hall–Kier alpha value is -2.64. The Kier molecular flexibility index (Phi) is 2.07. The molecule has 1 aliphatic carbocycles. The Labute approximate surface area is 133 Å². The quantitative estimate of drug-likeness (QED) is 0.303. The van der Waals surface area contributed by atoms with Crippen molar-refractivity contribution in [2.45, 2.75) is 12.2 Å². The van der Waals surface area contributed by atoms with Crippen molar-refractivity contribution in [3.8, 4) is 0 Å². The van der Waals surface area contributed by atoms with Gasteiger partial charge in [-0.25, -0.2) is 0 Å². The average molecular weight is 294 g/mol. The molecule has 0 amide bonds. The highest BCUT2D eigenvalue weighted by Gasteiger charge is 2.43. The van der Waals surface area contributed by atoms with Crippen LogP contribution in [0.1, 0.15) is 17.2 Å². The molecule has 1 aliphatic heterocycles. The SMILES string of the molecule is C1=CC2OC2c2c1c1ccc3ccccc3c1c1ccccc21. The molecule has 108 valence electrons. The van der Waals surface area contributed by atoms with Gasteiger partial charge in [0.15, 0.2) is 0 Å². The summed E-state index contributed by atoms with van der Waals surface area (Å²) in [6, 6.07) is 21.9. The zero-order valence-electron chi connectivity index (χ0n) is 12.5. The maximum atomic E-state index is 5.86. The second kappa shape index (κ2) is 4.01. The van der Waals surface area contributed by atoms with Crippen LogP contribution in [0.15, 0.2) is 66.7 Å². The van der Waals surface area contributed by atoms with Crippen molar-refractivity contribution >= 4 is 38.4 Å². The monoisotopic (exact) mass is 294 g/mol. The van der Waals surface area contributed by atoms with E-state index in [9.17, 15) is 0 Å². The van der Waals surface area contributed by atoms with Gasteiger partial charge in [0.1, 0.15) is 12.2 Å². The van der Waals surface area contributed by atoms with Gasteiger partial charge in [0.25, 0.3) is 0 Å². The molecule has 2 unspecified atom stereocenters. The van der Waals surface area contributed by atoms with Crippen molar-refractivity contribution in [2.75, 3.05) is 0 Å². The second-order valence-corrected chi connectivity index (χ2v) is 6.46. The molecule has 2 aliphatic rings. The summed E-state index contributed by atoms with van der Waals surface area (Å²) in [6.45, 7) is 0. The van der Waals surface area contributed by atoms with Crippen LogP contribution in [-0.4, -0.2) is 6.10 Å². The van der Waals surface area contributed by atoms with Gasteiger partial charge < -0.3 is 4.74 Å². The van der Waals surface area contributed by atoms with E-state index in [0.717, 1.165) is 0 Å². The Balaban J connectivity index is 1.96. The Bertz CT molecular complexity index is 1150. The molecule has 1 nitrogen and oxygen atoms in total. The van der Waals surface area contributed by atoms with E-state index in [4.69, 9.17) is 4.74 Å².